The number of hydrogen-bond donors (Lipinski definition) is 1. The monoisotopic (exact) mass is 266 g/mol. The SMILES string of the molecule is CN(C(=O)COC(=O)c1ccc(F)cc1N)C1CC1. The fourth-order valence-corrected chi connectivity index (χ4v) is 1.69. The summed E-state index contributed by atoms with van der Waals surface area (Å²) >= 11 is 0. The minimum atomic E-state index is -0.727. The minimum absolute atomic E-state index is 0.00648. The fraction of sp³-hybridized carbons (Fsp3) is 0.385. The van der Waals surface area contributed by atoms with E-state index in [4.69, 9.17) is 10.5 Å². The molecule has 6 heteroatoms. The molecule has 1 aromatic carbocycles. The summed E-state index contributed by atoms with van der Waals surface area (Å²) in [6.07, 6.45) is 1.97. The number of esters is 1. The fourth-order valence-electron chi connectivity index (χ4n) is 1.69. The molecule has 2 rings (SSSR count). The summed E-state index contributed by atoms with van der Waals surface area (Å²) in [5, 5.41) is 0. The van der Waals surface area contributed by atoms with Crippen molar-refractivity contribution < 1.29 is 18.7 Å². The van der Waals surface area contributed by atoms with Gasteiger partial charge in [0.1, 0.15) is 5.82 Å². The van der Waals surface area contributed by atoms with E-state index >= 15 is 0 Å². The third-order valence-corrected chi connectivity index (χ3v) is 3.05. The third-order valence-electron chi connectivity index (χ3n) is 3.05. The molecule has 1 aliphatic carbocycles. The van der Waals surface area contributed by atoms with Crippen molar-refractivity contribution in [2.45, 2.75) is 18.9 Å². The maximum atomic E-state index is 12.8. The number of nitrogen functional groups attached to an aromatic ring is 1. The first-order valence-corrected chi connectivity index (χ1v) is 5.97. The van der Waals surface area contributed by atoms with Crippen molar-refractivity contribution in [2.75, 3.05) is 19.4 Å². The highest BCUT2D eigenvalue weighted by atomic mass is 19.1. The first-order chi connectivity index (χ1) is 8.99. The van der Waals surface area contributed by atoms with Crippen LogP contribution in [0.25, 0.3) is 0 Å². The van der Waals surface area contributed by atoms with Gasteiger partial charge in [-0.25, -0.2) is 9.18 Å². The molecule has 0 bridgehead atoms. The second-order valence-corrected chi connectivity index (χ2v) is 4.54. The Morgan fingerprint density at radius 2 is 2.16 bits per heavy atom. The average Bonchev–Trinajstić information content (AvgIpc) is 3.18. The summed E-state index contributed by atoms with van der Waals surface area (Å²) < 4.78 is 17.7. The highest BCUT2D eigenvalue weighted by Crippen LogP contribution is 2.25. The van der Waals surface area contributed by atoms with Crippen molar-refractivity contribution >= 4 is 17.6 Å². The Bertz CT molecular complexity index is 515. The first kappa shape index (κ1) is 13.3. The molecule has 5 nitrogen and oxygen atoms in total. The molecule has 0 aromatic heterocycles. The largest absolute Gasteiger partial charge is 0.452 e. The molecule has 1 fully saturated rings. The number of nitrogens with zero attached hydrogens (tertiary/aromatic N) is 1. The zero-order valence-corrected chi connectivity index (χ0v) is 10.6. The van der Waals surface area contributed by atoms with Crippen LogP contribution < -0.4 is 5.73 Å². The van der Waals surface area contributed by atoms with Gasteiger partial charge in [0.15, 0.2) is 6.61 Å². The van der Waals surface area contributed by atoms with Gasteiger partial charge in [0.2, 0.25) is 0 Å². The van der Waals surface area contributed by atoms with Gasteiger partial charge in [0.25, 0.3) is 5.91 Å². The zero-order chi connectivity index (χ0) is 14.0. The topological polar surface area (TPSA) is 72.6 Å². The van der Waals surface area contributed by atoms with Crippen LogP contribution in [-0.4, -0.2) is 36.5 Å². The molecule has 0 spiro atoms. The number of halogens is 1. The second-order valence-electron chi connectivity index (χ2n) is 4.54. The van der Waals surface area contributed by atoms with Crippen molar-refractivity contribution in [1.29, 1.82) is 0 Å². The zero-order valence-electron chi connectivity index (χ0n) is 10.6. The molecule has 0 radical (unpaired) electrons. The molecule has 0 unspecified atom stereocenters. The van der Waals surface area contributed by atoms with Crippen molar-refractivity contribution in [3.05, 3.63) is 29.6 Å². The summed E-state index contributed by atoms with van der Waals surface area (Å²) in [5.41, 5.74) is 5.56. The molecule has 1 aromatic rings. The van der Waals surface area contributed by atoms with Crippen LogP contribution in [0.15, 0.2) is 18.2 Å². The standard InChI is InChI=1S/C13H15FN2O3/c1-16(9-3-4-9)12(17)7-19-13(18)10-5-2-8(14)6-11(10)15/h2,5-6,9H,3-4,7,15H2,1H3. The van der Waals surface area contributed by atoms with E-state index in [-0.39, 0.29) is 29.8 Å². The van der Waals surface area contributed by atoms with Crippen molar-refractivity contribution in [2.24, 2.45) is 0 Å². The molecule has 0 atom stereocenters. The second kappa shape index (κ2) is 5.26. The summed E-state index contributed by atoms with van der Waals surface area (Å²) in [6, 6.07) is 3.66. The molecular weight excluding hydrogens is 251 g/mol. The number of hydrogen-bond acceptors (Lipinski definition) is 4. The smallest absolute Gasteiger partial charge is 0.340 e. The predicted octanol–water partition coefficient (Wildman–Crippen LogP) is 1.19. The summed E-state index contributed by atoms with van der Waals surface area (Å²) in [4.78, 5) is 24.9. The van der Waals surface area contributed by atoms with Crippen LogP contribution in [0, 0.1) is 5.82 Å². The van der Waals surface area contributed by atoms with E-state index in [1.54, 1.807) is 11.9 Å². The Morgan fingerprint density at radius 3 is 2.74 bits per heavy atom. The number of ether oxygens (including phenoxy) is 1. The van der Waals surface area contributed by atoms with E-state index in [9.17, 15) is 14.0 Å². The van der Waals surface area contributed by atoms with E-state index in [2.05, 4.69) is 0 Å². The molecule has 1 amide bonds. The number of benzene rings is 1. The van der Waals surface area contributed by atoms with Crippen LogP contribution in [0.4, 0.5) is 10.1 Å². The van der Waals surface area contributed by atoms with Crippen LogP contribution in [0.1, 0.15) is 23.2 Å². The highest BCUT2D eigenvalue weighted by molar-refractivity contribution is 5.96. The van der Waals surface area contributed by atoms with Crippen LogP contribution in [-0.2, 0) is 9.53 Å². The summed E-state index contributed by atoms with van der Waals surface area (Å²) in [7, 11) is 1.68. The van der Waals surface area contributed by atoms with Gasteiger partial charge in [-0.1, -0.05) is 0 Å². The van der Waals surface area contributed by atoms with E-state index < -0.39 is 11.8 Å². The Kier molecular flexibility index (Phi) is 3.69. The first-order valence-electron chi connectivity index (χ1n) is 5.97. The van der Waals surface area contributed by atoms with E-state index in [0.717, 1.165) is 25.0 Å². The normalized spacial score (nSPS) is 14.0. The van der Waals surface area contributed by atoms with Gasteiger partial charge >= 0.3 is 5.97 Å². The predicted molar refractivity (Wildman–Crippen MR) is 66.9 cm³/mol. The maximum absolute atomic E-state index is 12.8. The minimum Gasteiger partial charge on any atom is -0.452 e. The number of rotatable bonds is 4. The molecule has 1 aliphatic rings. The number of nitrogens with two attached hydrogens (primary N) is 1. The Hall–Kier alpha value is -2.11. The Labute approximate surface area is 110 Å². The van der Waals surface area contributed by atoms with Gasteiger partial charge in [-0.3, -0.25) is 4.79 Å². The lowest BCUT2D eigenvalue weighted by Crippen LogP contribution is -2.33. The highest BCUT2D eigenvalue weighted by Gasteiger charge is 2.30. The molecule has 0 saturated heterocycles. The number of carbonyl (C=O) groups is 2. The Morgan fingerprint density at radius 1 is 1.47 bits per heavy atom. The van der Waals surface area contributed by atoms with Crippen LogP contribution in [0.3, 0.4) is 0 Å². The lowest BCUT2D eigenvalue weighted by atomic mass is 10.2. The van der Waals surface area contributed by atoms with Crippen molar-refractivity contribution in [3.63, 3.8) is 0 Å². The quantitative estimate of drug-likeness (QED) is 0.656. The lowest BCUT2D eigenvalue weighted by molar-refractivity contribution is -0.133. The molecule has 2 N–H and O–H groups in total. The van der Waals surface area contributed by atoms with Crippen molar-refractivity contribution in [1.82, 2.24) is 4.90 Å². The average molecular weight is 266 g/mol. The molecule has 1 saturated carbocycles. The maximum Gasteiger partial charge on any atom is 0.340 e. The van der Waals surface area contributed by atoms with E-state index in [1.807, 2.05) is 0 Å². The summed E-state index contributed by atoms with van der Waals surface area (Å²) in [5.74, 6) is -1.51. The van der Waals surface area contributed by atoms with Gasteiger partial charge < -0.3 is 15.4 Å². The molecule has 102 valence electrons. The van der Waals surface area contributed by atoms with Crippen LogP contribution in [0.2, 0.25) is 0 Å². The molecular formula is C13H15FN2O3. The van der Waals surface area contributed by atoms with Crippen LogP contribution >= 0.6 is 0 Å². The lowest BCUT2D eigenvalue weighted by Gasteiger charge is -2.16. The molecule has 19 heavy (non-hydrogen) atoms. The van der Waals surface area contributed by atoms with Gasteiger partial charge in [-0.2, -0.15) is 0 Å². The number of likely N-dealkylation sites (N-methyl/N-ethyl adjacent to an activating group) is 1. The van der Waals surface area contributed by atoms with Gasteiger partial charge in [-0.05, 0) is 31.0 Å². The number of anilines is 1. The third kappa shape index (κ3) is 3.21. The van der Waals surface area contributed by atoms with E-state index in [1.165, 1.54) is 6.07 Å². The number of carbonyl (C=O) groups excluding carboxylic acids is 2. The van der Waals surface area contributed by atoms with Crippen molar-refractivity contribution in [3.8, 4) is 0 Å². The molecule has 0 heterocycles. The van der Waals surface area contributed by atoms with Gasteiger partial charge in [0, 0.05) is 18.8 Å². The van der Waals surface area contributed by atoms with E-state index in [0.29, 0.717) is 0 Å². The Balaban J connectivity index is 1.91. The summed E-state index contributed by atoms with van der Waals surface area (Å²) in [6.45, 7) is -0.331. The van der Waals surface area contributed by atoms with Gasteiger partial charge in [0.05, 0.1) is 5.56 Å². The number of amides is 1. The van der Waals surface area contributed by atoms with Crippen LogP contribution in [0.5, 0.6) is 0 Å². The molecule has 0 aliphatic heterocycles. The van der Waals surface area contributed by atoms with Gasteiger partial charge in [-0.15, -0.1) is 0 Å².